The number of hydrogen-bond acceptors (Lipinski definition) is 5. The van der Waals surface area contributed by atoms with Gasteiger partial charge in [0.25, 0.3) is 0 Å². The van der Waals surface area contributed by atoms with Crippen LogP contribution in [0, 0.1) is 0 Å². The number of rotatable bonds is 6. The lowest BCUT2D eigenvalue weighted by Gasteiger charge is -2.09. The lowest BCUT2D eigenvalue weighted by Crippen LogP contribution is -2.12. The molecule has 0 atom stereocenters. The molecule has 120 valence electrons. The summed E-state index contributed by atoms with van der Waals surface area (Å²) in [5.74, 6) is -0.596. The summed E-state index contributed by atoms with van der Waals surface area (Å²) in [4.78, 5) is 20.4. The Kier molecular flexibility index (Phi) is 6.52. The van der Waals surface area contributed by atoms with Crippen LogP contribution in [0.4, 0.5) is 0 Å². The number of ether oxygens (including phenoxy) is 1. The van der Waals surface area contributed by atoms with Crippen molar-refractivity contribution in [1.29, 1.82) is 0 Å². The maximum Gasteiger partial charge on any atom is 0.360 e. The van der Waals surface area contributed by atoms with Crippen molar-refractivity contribution in [2.75, 3.05) is 13.7 Å². The van der Waals surface area contributed by atoms with Crippen molar-refractivity contribution in [3.8, 4) is 0 Å². The van der Waals surface area contributed by atoms with E-state index in [4.69, 9.17) is 32.8 Å². The zero-order valence-corrected chi connectivity index (χ0v) is 13.8. The van der Waals surface area contributed by atoms with Crippen LogP contribution in [0.5, 0.6) is 0 Å². The second-order valence-electron chi connectivity index (χ2n) is 4.60. The molecule has 1 aromatic heterocycles. The molecule has 23 heavy (non-hydrogen) atoms. The number of methoxy groups -OCH3 is 1. The second kappa shape index (κ2) is 8.62. The van der Waals surface area contributed by atoms with Gasteiger partial charge in [0.05, 0.1) is 10.7 Å². The summed E-state index contributed by atoms with van der Waals surface area (Å²) in [5, 5.41) is 4.86. The van der Waals surface area contributed by atoms with E-state index in [1.165, 1.54) is 7.11 Å². The fraction of sp³-hybridized carbons (Fsp3) is 0.188. The van der Waals surface area contributed by atoms with Crippen molar-refractivity contribution in [2.24, 2.45) is 5.16 Å². The Morgan fingerprint density at radius 3 is 2.78 bits per heavy atom. The zero-order chi connectivity index (χ0) is 16.7. The zero-order valence-electron chi connectivity index (χ0n) is 12.3. The lowest BCUT2D eigenvalue weighted by molar-refractivity contribution is -0.147. The van der Waals surface area contributed by atoms with E-state index in [1.54, 1.807) is 30.6 Å². The summed E-state index contributed by atoms with van der Waals surface area (Å²) in [6, 6.07) is 8.73. The van der Waals surface area contributed by atoms with Crippen LogP contribution in [-0.2, 0) is 20.8 Å². The van der Waals surface area contributed by atoms with Crippen LogP contribution in [0.25, 0.3) is 0 Å². The Labute approximate surface area is 143 Å². The van der Waals surface area contributed by atoms with Gasteiger partial charge in [-0.2, -0.15) is 0 Å². The third-order valence-corrected chi connectivity index (χ3v) is 3.40. The van der Waals surface area contributed by atoms with Gasteiger partial charge >= 0.3 is 5.97 Å². The predicted molar refractivity (Wildman–Crippen MR) is 88.9 cm³/mol. The number of oxime groups is 1. The van der Waals surface area contributed by atoms with Crippen LogP contribution in [0.1, 0.15) is 11.1 Å². The Morgan fingerprint density at radius 1 is 1.30 bits per heavy atom. The largest absolute Gasteiger partial charge is 0.373 e. The van der Waals surface area contributed by atoms with Crippen molar-refractivity contribution in [3.05, 3.63) is 63.9 Å². The molecule has 0 N–H and O–H groups in total. The fourth-order valence-electron chi connectivity index (χ4n) is 1.85. The summed E-state index contributed by atoms with van der Waals surface area (Å²) in [6.45, 7) is -0.183. The van der Waals surface area contributed by atoms with Crippen LogP contribution < -0.4 is 0 Å². The molecule has 0 aliphatic rings. The molecule has 0 aliphatic carbocycles. The van der Waals surface area contributed by atoms with Crippen LogP contribution >= 0.6 is 23.2 Å². The third kappa shape index (κ3) is 5.32. The Hall–Kier alpha value is -1.95. The maximum atomic E-state index is 11.4. The van der Waals surface area contributed by atoms with E-state index >= 15 is 0 Å². The molecule has 1 aromatic carbocycles. The molecule has 0 aliphatic heterocycles. The molecule has 7 heteroatoms. The number of nitrogens with zero attached hydrogens (tertiary/aromatic N) is 2. The number of aromatic nitrogens is 1. The average molecular weight is 353 g/mol. The monoisotopic (exact) mass is 352 g/mol. The maximum absolute atomic E-state index is 11.4. The first kappa shape index (κ1) is 17.4. The first-order valence-electron chi connectivity index (χ1n) is 6.70. The Morgan fingerprint density at radius 2 is 2.13 bits per heavy atom. The van der Waals surface area contributed by atoms with Gasteiger partial charge in [0.1, 0.15) is 6.61 Å². The number of carbonyl (C=O) groups excluding carboxylic acids is 1. The van der Waals surface area contributed by atoms with Crippen LogP contribution in [0.15, 0.2) is 47.9 Å². The summed E-state index contributed by atoms with van der Waals surface area (Å²) in [5.41, 5.74) is 2.02. The van der Waals surface area contributed by atoms with E-state index in [1.807, 2.05) is 12.1 Å². The minimum absolute atomic E-state index is 0.183. The van der Waals surface area contributed by atoms with Gasteiger partial charge in [-0.25, -0.2) is 4.79 Å². The van der Waals surface area contributed by atoms with Gasteiger partial charge in [-0.05, 0) is 23.8 Å². The number of carbonyl (C=O) groups is 1. The highest BCUT2D eigenvalue weighted by molar-refractivity contribution is 6.37. The number of pyridine rings is 1. The molecular formula is C16H14Cl2N2O3. The number of benzene rings is 1. The summed E-state index contributed by atoms with van der Waals surface area (Å²) < 4.78 is 4.70. The molecule has 0 saturated carbocycles. The van der Waals surface area contributed by atoms with Crippen molar-refractivity contribution in [1.82, 2.24) is 4.98 Å². The Balaban J connectivity index is 2.30. The third-order valence-electron chi connectivity index (χ3n) is 2.86. The first-order valence-corrected chi connectivity index (χ1v) is 7.45. The fourth-order valence-corrected chi connectivity index (χ4v) is 2.36. The predicted octanol–water partition coefficient (Wildman–Crippen LogP) is 3.52. The minimum atomic E-state index is -0.596. The first-order chi connectivity index (χ1) is 11.1. The van der Waals surface area contributed by atoms with Gasteiger partial charge in [0.15, 0.2) is 0 Å². The van der Waals surface area contributed by atoms with Gasteiger partial charge in [0, 0.05) is 36.5 Å². The van der Waals surface area contributed by atoms with E-state index < -0.39 is 5.97 Å². The number of hydrogen-bond donors (Lipinski definition) is 0. The molecule has 5 nitrogen and oxygen atoms in total. The molecule has 0 radical (unpaired) electrons. The SMILES string of the molecule is COCC(=O)ON=C(Cc1cccnc1)c1ccc(Cl)cc1Cl. The summed E-state index contributed by atoms with van der Waals surface area (Å²) >= 11 is 12.1. The van der Waals surface area contributed by atoms with Crippen molar-refractivity contribution >= 4 is 34.9 Å². The van der Waals surface area contributed by atoms with Gasteiger partial charge in [-0.1, -0.05) is 40.5 Å². The van der Waals surface area contributed by atoms with Gasteiger partial charge in [0.2, 0.25) is 0 Å². The van der Waals surface area contributed by atoms with E-state index in [9.17, 15) is 4.79 Å². The standard InChI is InChI=1S/C16H14Cl2N2O3/c1-22-10-16(21)23-20-15(7-11-3-2-6-19-9-11)13-5-4-12(17)8-14(13)18/h2-6,8-9H,7,10H2,1H3. The molecule has 2 aromatic rings. The molecular weight excluding hydrogens is 339 g/mol. The second-order valence-corrected chi connectivity index (χ2v) is 5.44. The molecule has 0 unspecified atom stereocenters. The summed E-state index contributed by atoms with van der Waals surface area (Å²) in [7, 11) is 1.40. The normalized spacial score (nSPS) is 11.3. The lowest BCUT2D eigenvalue weighted by atomic mass is 10.0. The van der Waals surface area contributed by atoms with Gasteiger partial charge in [-0.3, -0.25) is 4.98 Å². The average Bonchev–Trinajstić information content (AvgIpc) is 2.53. The quantitative estimate of drug-likeness (QED) is 0.453. The van der Waals surface area contributed by atoms with E-state index in [2.05, 4.69) is 10.1 Å². The molecule has 0 saturated heterocycles. The van der Waals surface area contributed by atoms with E-state index in [0.29, 0.717) is 27.7 Å². The van der Waals surface area contributed by atoms with Crippen molar-refractivity contribution in [2.45, 2.75) is 6.42 Å². The highest BCUT2D eigenvalue weighted by atomic mass is 35.5. The molecule has 1 heterocycles. The van der Waals surface area contributed by atoms with Crippen LogP contribution in [0.2, 0.25) is 10.0 Å². The van der Waals surface area contributed by atoms with Crippen LogP contribution in [0.3, 0.4) is 0 Å². The molecule has 0 spiro atoms. The van der Waals surface area contributed by atoms with Crippen LogP contribution in [-0.4, -0.2) is 30.4 Å². The smallest absolute Gasteiger partial charge is 0.360 e. The van der Waals surface area contributed by atoms with Gasteiger partial charge < -0.3 is 9.57 Å². The highest BCUT2D eigenvalue weighted by Gasteiger charge is 2.12. The topological polar surface area (TPSA) is 60.8 Å². The highest BCUT2D eigenvalue weighted by Crippen LogP contribution is 2.23. The summed E-state index contributed by atoms with van der Waals surface area (Å²) in [6.07, 6.45) is 3.78. The molecule has 2 rings (SSSR count). The number of halogens is 2. The van der Waals surface area contributed by atoms with Crippen molar-refractivity contribution in [3.63, 3.8) is 0 Å². The van der Waals surface area contributed by atoms with E-state index in [0.717, 1.165) is 5.56 Å². The van der Waals surface area contributed by atoms with Gasteiger partial charge in [-0.15, -0.1) is 0 Å². The minimum Gasteiger partial charge on any atom is -0.373 e. The van der Waals surface area contributed by atoms with Crippen molar-refractivity contribution < 1.29 is 14.4 Å². The molecule has 0 bridgehead atoms. The molecule has 0 fully saturated rings. The molecule has 0 amide bonds. The Bertz CT molecular complexity index is 706. The van der Waals surface area contributed by atoms with E-state index in [-0.39, 0.29) is 6.61 Å².